The number of allylic oxidation sites excluding steroid dienone is 1. The molecular formula is C33H32O10. The van der Waals surface area contributed by atoms with E-state index < -0.39 is 61.0 Å². The molecule has 0 aliphatic carbocycles. The molecule has 224 valence electrons. The smallest absolute Gasteiger partial charge is 0.338 e. The van der Waals surface area contributed by atoms with Crippen LogP contribution in [-0.2, 0) is 28.5 Å². The number of ether oxygens (including phenoxy) is 5. The van der Waals surface area contributed by atoms with Gasteiger partial charge >= 0.3 is 23.9 Å². The Hall–Kier alpha value is -4.80. The molecular weight excluding hydrogens is 556 g/mol. The van der Waals surface area contributed by atoms with Gasteiger partial charge in [0, 0.05) is 6.08 Å². The van der Waals surface area contributed by atoms with Gasteiger partial charge in [-0.2, -0.15) is 0 Å². The van der Waals surface area contributed by atoms with Crippen molar-refractivity contribution in [2.75, 3.05) is 13.7 Å². The third-order valence-corrected chi connectivity index (χ3v) is 6.74. The SMILES string of the molecule is COC(=O)/C=C/CCC1O[C@@H](CO)[C@@H](OC(=O)c2ccccc2)[C@@H](OC(=O)c2ccccc2)[C@H]1OC(=O)c1ccccc1. The van der Waals surface area contributed by atoms with E-state index in [1.807, 2.05) is 0 Å². The average molecular weight is 589 g/mol. The zero-order chi connectivity index (χ0) is 30.6. The van der Waals surface area contributed by atoms with E-state index in [9.17, 15) is 24.3 Å². The molecule has 1 saturated heterocycles. The van der Waals surface area contributed by atoms with Crippen molar-refractivity contribution in [2.45, 2.75) is 43.4 Å². The lowest BCUT2D eigenvalue weighted by Gasteiger charge is -2.44. The summed E-state index contributed by atoms with van der Waals surface area (Å²) >= 11 is 0. The van der Waals surface area contributed by atoms with E-state index in [1.165, 1.54) is 13.2 Å². The zero-order valence-electron chi connectivity index (χ0n) is 23.4. The lowest BCUT2D eigenvalue weighted by atomic mass is 9.91. The molecule has 1 aliphatic heterocycles. The number of hydrogen-bond acceptors (Lipinski definition) is 10. The summed E-state index contributed by atoms with van der Waals surface area (Å²) in [5, 5.41) is 10.3. The van der Waals surface area contributed by atoms with Crippen molar-refractivity contribution in [3.05, 3.63) is 120 Å². The van der Waals surface area contributed by atoms with Crippen molar-refractivity contribution in [3.8, 4) is 0 Å². The van der Waals surface area contributed by atoms with Crippen LogP contribution in [0.15, 0.2) is 103 Å². The minimum atomic E-state index is -1.37. The second-order valence-electron chi connectivity index (χ2n) is 9.61. The Morgan fingerprint density at radius 2 is 1.09 bits per heavy atom. The molecule has 0 radical (unpaired) electrons. The molecule has 3 aromatic carbocycles. The molecule has 1 aliphatic rings. The third-order valence-electron chi connectivity index (χ3n) is 6.74. The van der Waals surface area contributed by atoms with Crippen molar-refractivity contribution in [3.63, 3.8) is 0 Å². The number of rotatable bonds is 11. The highest BCUT2D eigenvalue weighted by Gasteiger charge is 2.52. The van der Waals surface area contributed by atoms with Crippen LogP contribution in [0.3, 0.4) is 0 Å². The predicted molar refractivity (Wildman–Crippen MR) is 153 cm³/mol. The molecule has 0 aromatic heterocycles. The Labute approximate surface area is 248 Å². The summed E-state index contributed by atoms with van der Waals surface area (Å²) in [4.78, 5) is 51.3. The largest absolute Gasteiger partial charge is 0.466 e. The molecule has 4 rings (SSSR count). The lowest BCUT2D eigenvalue weighted by Crippen LogP contribution is -2.62. The van der Waals surface area contributed by atoms with Gasteiger partial charge in [0.25, 0.3) is 0 Å². The van der Waals surface area contributed by atoms with Gasteiger partial charge in [-0.1, -0.05) is 60.7 Å². The minimum absolute atomic E-state index is 0.190. The molecule has 0 spiro atoms. The first-order valence-corrected chi connectivity index (χ1v) is 13.7. The summed E-state index contributed by atoms with van der Waals surface area (Å²) in [7, 11) is 1.25. The number of aliphatic hydroxyl groups is 1. The number of benzene rings is 3. The quantitative estimate of drug-likeness (QED) is 0.199. The van der Waals surface area contributed by atoms with E-state index in [-0.39, 0.29) is 29.5 Å². The van der Waals surface area contributed by atoms with Crippen molar-refractivity contribution in [2.24, 2.45) is 0 Å². The highest BCUT2D eigenvalue weighted by Crippen LogP contribution is 2.32. The Bertz CT molecular complexity index is 1390. The van der Waals surface area contributed by atoms with Crippen LogP contribution >= 0.6 is 0 Å². The molecule has 10 heteroatoms. The highest BCUT2D eigenvalue weighted by atomic mass is 16.7. The Balaban J connectivity index is 1.70. The maximum Gasteiger partial charge on any atom is 0.338 e. The number of methoxy groups -OCH3 is 1. The predicted octanol–water partition coefficient (Wildman–Crippen LogP) is 3.93. The van der Waals surface area contributed by atoms with Gasteiger partial charge < -0.3 is 28.8 Å². The monoisotopic (exact) mass is 588 g/mol. The Morgan fingerprint density at radius 3 is 1.51 bits per heavy atom. The molecule has 0 amide bonds. The summed E-state index contributed by atoms with van der Waals surface area (Å²) in [6.45, 7) is -0.597. The van der Waals surface area contributed by atoms with Gasteiger partial charge in [0.1, 0.15) is 6.10 Å². The normalized spacial score (nSPS) is 21.5. The van der Waals surface area contributed by atoms with Crippen LogP contribution in [0, 0.1) is 0 Å². The van der Waals surface area contributed by atoms with E-state index >= 15 is 0 Å². The summed E-state index contributed by atoms with van der Waals surface area (Å²) < 4.78 is 28.4. The molecule has 1 N–H and O–H groups in total. The molecule has 1 fully saturated rings. The number of carbonyl (C=O) groups excluding carboxylic acids is 4. The van der Waals surface area contributed by atoms with E-state index in [4.69, 9.17) is 18.9 Å². The van der Waals surface area contributed by atoms with Crippen LogP contribution in [-0.4, -0.2) is 73.2 Å². The summed E-state index contributed by atoms with van der Waals surface area (Å²) in [6, 6.07) is 24.5. The van der Waals surface area contributed by atoms with E-state index in [2.05, 4.69) is 4.74 Å². The molecule has 10 nitrogen and oxygen atoms in total. The fourth-order valence-electron chi connectivity index (χ4n) is 4.59. The average Bonchev–Trinajstić information content (AvgIpc) is 3.05. The van der Waals surface area contributed by atoms with Crippen molar-refractivity contribution in [1.82, 2.24) is 0 Å². The Morgan fingerprint density at radius 1 is 0.674 bits per heavy atom. The summed E-state index contributed by atoms with van der Waals surface area (Å²) in [5.74, 6) is -2.77. The molecule has 0 saturated carbocycles. The van der Waals surface area contributed by atoms with E-state index in [1.54, 1.807) is 97.1 Å². The minimum Gasteiger partial charge on any atom is -0.466 e. The fraction of sp³-hybridized carbons (Fsp3) is 0.273. The van der Waals surface area contributed by atoms with Crippen molar-refractivity contribution >= 4 is 23.9 Å². The number of esters is 4. The first-order chi connectivity index (χ1) is 20.9. The number of aliphatic hydroxyl groups excluding tert-OH is 1. The topological polar surface area (TPSA) is 135 Å². The molecule has 5 atom stereocenters. The molecule has 0 bridgehead atoms. The highest BCUT2D eigenvalue weighted by molar-refractivity contribution is 5.91. The zero-order valence-corrected chi connectivity index (χ0v) is 23.4. The van der Waals surface area contributed by atoms with Gasteiger partial charge in [-0.3, -0.25) is 0 Å². The molecule has 1 unspecified atom stereocenters. The van der Waals surface area contributed by atoms with Crippen molar-refractivity contribution in [1.29, 1.82) is 0 Å². The van der Waals surface area contributed by atoms with Gasteiger partial charge in [0.2, 0.25) is 0 Å². The fourth-order valence-corrected chi connectivity index (χ4v) is 4.59. The first kappa shape index (κ1) is 31.1. The third kappa shape index (κ3) is 8.37. The molecule has 1 heterocycles. The lowest BCUT2D eigenvalue weighted by molar-refractivity contribution is -0.229. The van der Waals surface area contributed by atoms with Crippen molar-refractivity contribution < 1.29 is 48.0 Å². The molecule has 43 heavy (non-hydrogen) atoms. The van der Waals surface area contributed by atoms with Gasteiger partial charge in [0.15, 0.2) is 18.3 Å². The summed E-state index contributed by atoms with van der Waals surface area (Å²) in [6.07, 6.45) is -2.76. The second-order valence-corrected chi connectivity index (χ2v) is 9.61. The maximum absolute atomic E-state index is 13.3. The van der Waals surface area contributed by atoms with E-state index in [0.29, 0.717) is 0 Å². The van der Waals surface area contributed by atoms with Crippen LogP contribution < -0.4 is 0 Å². The van der Waals surface area contributed by atoms with Gasteiger partial charge in [-0.15, -0.1) is 0 Å². The second kappa shape index (κ2) is 15.4. The van der Waals surface area contributed by atoms with Crippen LogP contribution in [0.4, 0.5) is 0 Å². The van der Waals surface area contributed by atoms with E-state index in [0.717, 1.165) is 0 Å². The van der Waals surface area contributed by atoms with Crippen LogP contribution in [0.25, 0.3) is 0 Å². The Kier molecular flexibility index (Phi) is 11.2. The maximum atomic E-state index is 13.3. The summed E-state index contributed by atoms with van der Waals surface area (Å²) in [5.41, 5.74) is 0.677. The van der Waals surface area contributed by atoms with Gasteiger partial charge in [0.05, 0.1) is 36.5 Å². The van der Waals surface area contributed by atoms with Crippen LogP contribution in [0.2, 0.25) is 0 Å². The van der Waals surface area contributed by atoms with Crippen LogP contribution in [0.1, 0.15) is 43.9 Å². The van der Waals surface area contributed by atoms with Gasteiger partial charge in [-0.25, -0.2) is 19.2 Å². The standard InChI is InChI=1S/C33H32O10/c1-39-27(35)20-12-11-19-25-28(41-31(36)22-13-5-2-6-14-22)30(43-33(38)24-17-9-4-10-18-24)29(26(21-34)40-25)42-32(37)23-15-7-3-8-16-23/h2-10,12-18,20,25-26,28-30,34H,11,19,21H2,1H3/b20-12+/t25?,26-,28-,29+,30-/m0/s1. The molecule has 3 aromatic rings. The number of hydrogen-bond donors (Lipinski definition) is 1. The van der Waals surface area contributed by atoms with Crippen LogP contribution in [0.5, 0.6) is 0 Å². The number of carbonyl (C=O) groups is 4. The van der Waals surface area contributed by atoms with Gasteiger partial charge in [-0.05, 0) is 49.2 Å². The first-order valence-electron chi connectivity index (χ1n) is 13.7.